The van der Waals surface area contributed by atoms with E-state index in [1.54, 1.807) is 59.1 Å². The van der Waals surface area contributed by atoms with Gasteiger partial charge in [-0.1, -0.05) is 94.9 Å². The van der Waals surface area contributed by atoms with E-state index in [1.165, 1.54) is 79.9 Å². The number of likely N-dealkylation sites (tertiary alicyclic amines) is 3. The molecule has 3 aromatic heterocycles. The average Bonchev–Trinajstić information content (AvgIpc) is 1.61. The van der Waals surface area contributed by atoms with E-state index in [0.717, 1.165) is 159 Å². The zero-order chi connectivity index (χ0) is 80.9. The molecule has 0 unspecified atom stereocenters. The van der Waals surface area contributed by atoms with Crippen molar-refractivity contribution in [3.8, 4) is 0 Å². The Labute approximate surface area is 683 Å². The van der Waals surface area contributed by atoms with Crippen LogP contribution in [0.1, 0.15) is 134 Å². The van der Waals surface area contributed by atoms with Gasteiger partial charge in [-0.3, -0.25) is 24.0 Å². The highest BCUT2D eigenvalue weighted by molar-refractivity contribution is 6.45. The van der Waals surface area contributed by atoms with E-state index in [9.17, 15) is 46.3 Å². The fourth-order valence-corrected chi connectivity index (χ4v) is 16.3. The van der Waals surface area contributed by atoms with Crippen LogP contribution in [0.3, 0.4) is 0 Å². The maximum Gasteiger partial charge on any atom is 0.338 e. The number of nitrogens with one attached hydrogen (secondary N) is 3. The number of halogens is 8. The van der Waals surface area contributed by atoms with Gasteiger partial charge >= 0.3 is 5.97 Å². The van der Waals surface area contributed by atoms with E-state index in [0.29, 0.717) is 73.5 Å². The smallest absolute Gasteiger partial charge is 0.338 e. The Morgan fingerprint density at radius 2 is 0.877 bits per heavy atom. The van der Waals surface area contributed by atoms with Crippen molar-refractivity contribution in [1.29, 1.82) is 0 Å². The molecule has 0 atom stereocenters. The minimum atomic E-state index is -1.02. The third-order valence-corrected chi connectivity index (χ3v) is 23.2. The first-order valence-electron chi connectivity index (χ1n) is 38.3. The number of Topliss-reactive ketones (excluding diaryl/α,β-unsaturated/α-hetero) is 1. The highest BCUT2D eigenvalue weighted by Gasteiger charge is 2.32. The van der Waals surface area contributed by atoms with Crippen molar-refractivity contribution < 1.29 is 54.3 Å². The molecule has 596 valence electrons. The van der Waals surface area contributed by atoms with Crippen molar-refractivity contribution in [3.63, 3.8) is 0 Å². The number of aromatic carboxylic acids is 1. The van der Waals surface area contributed by atoms with E-state index < -0.39 is 17.7 Å². The second-order valence-corrected chi connectivity index (χ2v) is 31.7. The number of carboxylic acid groups (broad SMARTS) is 1. The molecule has 4 N–H and O–H groups in total. The molecule has 4 fully saturated rings. The number of fused-ring (bicyclic) bond motifs is 4. The first kappa shape index (κ1) is 83.1. The summed E-state index contributed by atoms with van der Waals surface area (Å²) in [5, 5.41) is 19.0. The van der Waals surface area contributed by atoms with Crippen LogP contribution in [-0.2, 0) is 44.6 Å². The van der Waals surface area contributed by atoms with E-state index in [4.69, 9.17) is 51.5 Å². The van der Waals surface area contributed by atoms with Gasteiger partial charge in [-0.15, -0.1) is 0 Å². The number of nitrogens with zero attached hydrogens (tertiary/aromatic N) is 6. The third-order valence-electron chi connectivity index (χ3n) is 21.9. The predicted molar refractivity (Wildman–Crippen MR) is 448 cm³/mol. The van der Waals surface area contributed by atoms with Crippen LogP contribution in [0.25, 0.3) is 38.8 Å². The number of aromatic amines is 1. The lowest BCUT2D eigenvalue weighted by Gasteiger charge is -2.32. The van der Waals surface area contributed by atoms with Crippen LogP contribution in [0.2, 0.25) is 20.1 Å². The number of H-pyrrole nitrogens is 1. The summed E-state index contributed by atoms with van der Waals surface area (Å²) in [5.41, 5.74) is 10.7. The molecule has 16 rings (SSSR count). The van der Waals surface area contributed by atoms with Gasteiger partial charge in [0.1, 0.15) is 35.5 Å². The Bertz CT molecular complexity index is 5310. The van der Waals surface area contributed by atoms with Crippen LogP contribution < -0.4 is 10.6 Å². The fourth-order valence-electron chi connectivity index (χ4n) is 15.4. The number of benzene rings is 8. The number of carbonyl (C=O) groups is 6. The van der Waals surface area contributed by atoms with Crippen LogP contribution in [0, 0.1) is 53.1 Å². The van der Waals surface area contributed by atoms with E-state index >= 15 is 0 Å². The molecule has 24 heteroatoms. The predicted octanol–water partition coefficient (Wildman–Crippen LogP) is 19.6. The van der Waals surface area contributed by atoms with Gasteiger partial charge in [0, 0.05) is 122 Å². The van der Waals surface area contributed by atoms with Crippen molar-refractivity contribution in [2.45, 2.75) is 77.0 Å². The molecule has 5 aliphatic heterocycles. The van der Waals surface area contributed by atoms with Crippen LogP contribution in [0.4, 0.5) is 23.2 Å². The van der Waals surface area contributed by atoms with Crippen LogP contribution in [-0.4, -0.2) is 141 Å². The summed E-state index contributed by atoms with van der Waals surface area (Å²) in [5.74, 6) is -1.01. The van der Waals surface area contributed by atoms with E-state index in [2.05, 4.69) is 21.8 Å². The average molecular weight is 1630 g/mol. The summed E-state index contributed by atoms with van der Waals surface area (Å²) in [6.45, 7) is 6.37. The van der Waals surface area contributed by atoms with Crippen LogP contribution in [0.15, 0.2) is 176 Å². The Morgan fingerprint density at radius 3 is 1.32 bits per heavy atom. The molecule has 0 bridgehead atoms. The molecule has 16 nitrogen and oxygen atoms in total. The summed E-state index contributed by atoms with van der Waals surface area (Å²) in [7, 11) is 6.78. The number of likely N-dealkylation sites (N-methyl/N-ethyl adjacent to an activating group) is 1. The molecule has 11 aromatic rings. The molecule has 0 saturated carbocycles. The number of aryl methyl sites for hydroxylation is 2. The Hall–Kier alpha value is -10.3. The number of piperidine rings is 4. The Kier molecular flexibility index (Phi) is 27.9. The van der Waals surface area contributed by atoms with Crippen molar-refractivity contribution in [3.05, 3.63) is 282 Å². The molecule has 0 radical (unpaired) electrons. The number of carboxylic acids is 1. The molecule has 0 aliphatic carbocycles. The topological polar surface area (TPSA) is 185 Å². The monoisotopic (exact) mass is 1630 g/mol. The number of rotatable bonds is 14. The molecule has 0 spiro atoms. The lowest BCUT2D eigenvalue weighted by atomic mass is 9.90. The molecule has 4 amide bonds. The van der Waals surface area contributed by atoms with Gasteiger partial charge in [0.05, 0.1) is 59.5 Å². The minimum absolute atomic E-state index is 0. The van der Waals surface area contributed by atoms with Crippen molar-refractivity contribution in [1.82, 2.24) is 39.0 Å². The minimum Gasteiger partial charge on any atom is -0.478 e. The standard InChI is InChI=1S/C26H27ClFN3O3.C22H22ClFN2O.C21H20ClFN2O.C12H16FN.C9H4ClNO2.2H2/c1-29(2)26(34)24(32)21-15-30(3)23-14-22(27)20(13-19(21)23)25(33)31-10-8-17(9-11-31)12-16-4-6-18(28)7-5-16;1-25-9-8-17-13-19(20(23)14-21(17)25)22(27)26-10-6-16(7-11-26)12-15-2-4-18(24)5-3-15;22-19-13-20-16(5-8-24-20)12-18(19)21(26)25-9-6-15(7-10-25)11-14-1-3-17(23)4-2-14;13-12-3-1-10(2-4-12)9-11-5-7-14-8-6-11;10-7-4-8-5(1-2-11-8)3-6(7)9(12)13;;/h4-7,13-15,17H,8-12H2,1-3H3;2-5,8-9,13-14,16H,6-7,10-12H2,1H3;1-5,8,12-13,15,24H,6-7,9-11H2;1-4,11,14H,5-9H2;1,3-4,11H;2*1H/p+1. The largest absolute Gasteiger partial charge is 0.478 e. The number of anilines is 1. The molecular formula is C90H94Cl4F4N9O7+. The molecule has 114 heavy (non-hydrogen) atoms. The van der Waals surface area contributed by atoms with Crippen molar-refractivity contribution in [2.75, 3.05) is 71.8 Å². The fraction of sp³-hybridized carbons (Fsp3) is 0.311. The summed E-state index contributed by atoms with van der Waals surface area (Å²) >= 11 is 25.0. The van der Waals surface area contributed by atoms with E-state index in [-0.39, 0.29) is 60.0 Å². The van der Waals surface area contributed by atoms with Gasteiger partial charge in [-0.05, 0) is 233 Å². The molecular weight excluding hydrogens is 1540 g/mol. The molecule has 4 saturated heterocycles. The molecule has 8 heterocycles. The number of hydrogen-bond acceptors (Lipinski definition) is 8. The summed E-state index contributed by atoms with van der Waals surface area (Å²) in [4.78, 5) is 84.8. The molecule has 8 aromatic carbocycles. The number of carbonyl (C=O) groups excluding carboxylic acids is 5. The second-order valence-electron chi connectivity index (χ2n) is 30.1. The van der Waals surface area contributed by atoms with Crippen LogP contribution in [0.5, 0.6) is 0 Å². The zero-order valence-electron chi connectivity index (χ0n) is 63.9. The molecule has 5 aliphatic rings. The van der Waals surface area contributed by atoms with Crippen molar-refractivity contribution in [2.24, 2.45) is 37.8 Å². The second kappa shape index (κ2) is 38.2. The Morgan fingerprint density at radius 1 is 0.474 bits per heavy atom. The lowest BCUT2D eigenvalue weighted by Crippen LogP contribution is -2.39. The summed E-state index contributed by atoms with van der Waals surface area (Å²) in [6.07, 6.45) is 21.6. The maximum atomic E-state index is 13.3. The Balaban J connectivity index is 0.000000158. The SMILES string of the molecule is CN(C)C(=O)C(=O)c1cn(C)c2cc(Cl)c(C(=O)N3CCC(Cc4ccc(F)cc4)CC3)cc12.Cn1ccc2cc(C(=O)N3CCC(Cc4ccc(F)cc4)CC3)c(Cl)cc21.Fc1ccc(CC2CCNCC2)cc1.O=C(O)c1cc2c(cc1Cl)N[C+]=C2.O=C(c1cc2cc[nH]c2cc1Cl)N1CCC(Cc2ccc(F)cc2)CC1.[HH].[HH]. The number of hydrogen-bond donors (Lipinski definition) is 4. The highest BCUT2D eigenvalue weighted by atomic mass is 35.5. The highest BCUT2D eigenvalue weighted by Crippen LogP contribution is 2.35. The van der Waals surface area contributed by atoms with Gasteiger partial charge in [-0.25, -0.2) is 22.4 Å². The van der Waals surface area contributed by atoms with Gasteiger partial charge in [0.25, 0.3) is 29.4 Å². The normalized spacial score (nSPS) is 15.1. The first-order valence-corrected chi connectivity index (χ1v) is 39.8. The summed E-state index contributed by atoms with van der Waals surface area (Å²) < 4.78 is 55.6. The quantitative estimate of drug-likeness (QED) is 0.0356. The number of aromatic nitrogens is 3. The lowest BCUT2D eigenvalue weighted by molar-refractivity contribution is -0.124. The number of ketones is 1. The first-order chi connectivity index (χ1) is 54.8. The third kappa shape index (κ3) is 21.2. The summed E-state index contributed by atoms with van der Waals surface area (Å²) in [6, 6.07) is 44.7. The van der Waals surface area contributed by atoms with Gasteiger partial charge < -0.3 is 44.1 Å². The zero-order valence-corrected chi connectivity index (χ0v) is 66.9. The van der Waals surface area contributed by atoms with Gasteiger partial charge in [-0.2, -0.15) is 5.32 Å². The number of amides is 4. The van der Waals surface area contributed by atoms with E-state index in [1.807, 2.05) is 119 Å². The maximum absolute atomic E-state index is 13.3. The van der Waals surface area contributed by atoms with Gasteiger partial charge in [0.2, 0.25) is 0 Å². The van der Waals surface area contributed by atoms with Crippen LogP contribution >= 0.6 is 46.4 Å². The van der Waals surface area contributed by atoms with Gasteiger partial charge in [0.15, 0.2) is 11.3 Å². The van der Waals surface area contributed by atoms with Crippen molar-refractivity contribution >= 4 is 126 Å².